The van der Waals surface area contributed by atoms with Gasteiger partial charge in [0.2, 0.25) is 5.91 Å². The predicted molar refractivity (Wildman–Crippen MR) is 82.9 cm³/mol. The minimum atomic E-state index is -0.344. The standard InChI is InChI=1S/C16H25N3O/c1-4-16(10-5-11-18-16)15(20)17-12-13-6-8-14(9-7-13)19(2)3/h6-9,18H,4-5,10-12H2,1-3H3,(H,17,20). The van der Waals surface area contributed by atoms with Gasteiger partial charge in [-0.15, -0.1) is 0 Å². The van der Waals surface area contributed by atoms with Crippen LogP contribution in [0.25, 0.3) is 0 Å². The quantitative estimate of drug-likeness (QED) is 0.862. The molecule has 1 atom stereocenters. The molecule has 0 radical (unpaired) electrons. The molecule has 4 nitrogen and oxygen atoms in total. The molecule has 1 aliphatic rings. The van der Waals surface area contributed by atoms with Crippen molar-refractivity contribution in [1.29, 1.82) is 0 Å². The summed E-state index contributed by atoms with van der Waals surface area (Å²) in [7, 11) is 4.04. The van der Waals surface area contributed by atoms with Crippen LogP contribution in [0.15, 0.2) is 24.3 Å². The highest BCUT2D eigenvalue weighted by molar-refractivity contribution is 5.86. The van der Waals surface area contributed by atoms with Crippen molar-refractivity contribution in [3.05, 3.63) is 29.8 Å². The Hall–Kier alpha value is -1.55. The Labute approximate surface area is 121 Å². The van der Waals surface area contributed by atoms with Gasteiger partial charge in [-0.05, 0) is 43.5 Å². The number of benzene rings is 1. The van der Waals surface area contributed by atoms with Crippen molar-refractivity contribution in [2.24, 2.45) is 0 Å². The topological polar surface area (TPSA) is 44.4 Å². The zero-order chi connectivity index (χ0) is 14.6. The fraction of sp³-hybridized carbons (Fsp3) is 0.562. The van der Waals surface area contributed by atoms with Gasteiger partial charge in [-0.1, -0.05) is 19.1 Å². The number of amides is 1. The normalized spacial score (nSPS) is 21.8. The Morgan fingerprint density at radius 1 is 1.35 bits per heavy atom. The molecular weight excluding hydrogens is 250 g/mol. The number of nitrogens with one attached hydrogen (secondary N) is 2. The van der Waals surface area contributed by atoms with Crippen LogP contribution < -0.4 is 15.5 Å². The summed E-state index contributed by atoms with van der Waals surface area (Å²) in [4.78, 5) is 14.4. The van der Waals surface area contributed by atoms with Gasteiger partial charge in [0.1, 0.15) is 0 Å². The van der Waals surface area contributed by atoms with E-state index in [0.29, 0.717) is 6.54 Å². The molecule has 20 heavy (non-hydrogen) atoms. The summed E-state index contributed by atoms with van der Waals surface area (Å²) >= 11 is 0. The van der Waals surface area contributed by atoms with Crippen LogP contribution in [0.2, 0.25) is 0 Å². The molecule has 110 valence electrons. The molecule has 0 aliphatic carbocycles. The Kier molecular flexibility index (Phi) is 4.65. The summed E-state index contributed by atoms with van der Waals surface area (Å²) in [6, 6.07) is 8.28. The van der Waals surface area contributed by atoms with Gasteiger partial charge in [0.25, 0.3) is 0 Å². The first kappa shape index (κ1) is 14.9. The van der Waals surface area contributed by atoms with Crippen molar-refractivity contribution < 1.29 is 4.79 Å². The monoisotopic (exact) mass is 275 g/mol. The summed E-state index contributed by atoms with van der Waals surface area (Å²) in [5.74, 6) is 0.134. The van der Waals surface area contributed by atoms with Crippen LogP contribution in [-0.4, -0.2) is 32.1 Å². The van der Waals surface area contributed by atoms with E-state index in [4.69, 9.17) is 0 Å². The maximum atomic E-state index is 12.4. The molecule has 1 unspecified atom stereocenters. The highest BCUT2D eigenvalue weighted by Crippen LogP contribution is 2.23. The van der Waals surface area contributed by atoms with Crippen LogP contribution in [-0.2, 0) is 11.3 Å². The smallest absolute Gasteiger partial charge is 0.240 e. The lowest BCUT2D eigenvalue weighted by Gasteiger charge is -2.26. The average molecular weight is 275 g/mol. The van der Waals surface area contributed by atoms with Crippen molar-refractivity contribution in [1.82, 2.24) is 10.6 Å². The van der Waals surface area contributed by atoms with Gasteiger partial charge in [-0.25, -0.2) is 0 Å². The van der Waals surface area contributed by atoms with Crippen LogP contribution in [0.4, 0.5) is 5.69 Å². The second kappa shape index (κ2) is 6.27. The third kappa shape index (κ3) is 3.12. The molecule has 0 spiro atoms. The number of nitrogens with zero attached hydrogens (tertiary/aromatic N) is 1. The van der Waals surface area contributed by atoms with Crippen molar-refractivity contribution >= 4 is 11.6 Å². The Morgan fingerprint density at radius 3 is 2.55 bits per heavy atom. The van der Waals surface area contributed by atoms with E-state index in [9.17, 15) is 4.79 Å². The molecule has 2 rings (SSSR count). The van der Waals surface area contributed by atoms with E-state index >= 15 is 0 Å². The lowest BCUT2D eigenvalue weighted by molar-refractivity contribution is -0.127. The second-order valence-electron chi connectivity index (χ2n) is 5.71. The minimum absolute atomic E-state index is 0.134. The van der Waals surface area contributed by atoms with E-state index in [1.807, 2.05) is 14.1 Å². The van der Waals surface area contributed by atoms with E-state index in [1.54, 1.807) is 0 Å². The molecule has 1 aliphatic heterocycles. The number of carbonyl (C=O) groups excluding carboxylic acids is 1. The third-order valence-corrected chi connectivity index (χ3v) is 4.19. The van der Waals surface area contributed by atoms with Crippen LogP contribution in [0.5, 0.6) is 0 Å². The lowest BCUT2D eigenvalue weighted by Crippen LogP contribution is -2.52. The van der Waals surface area contributed by atoms with Crippen molar-refractivity contribution in [2.45, 2.75) is 38.3 Å². The lowest BCUT2D eigenvalue weighted by atomic mass is 9.93. The number of carbonyl (C=O) groups is 1. The third-order valence-electron chi connectivity index (χ3n) is 4.19. The SMILES string of the molecule is CCC1(C(=O)NCc2ccc(N(C)C)cc2)CCCN1. The Morgan fingerprint density at radius 2 is 2.05 bits per heavy atom. The minimum Gasteiger partial charge on any atom is -0.378 e. The molecule has 0 saturated carbocycles. The molecule has 1 amide bonds. The Balaban J connectivity index is 1.93. The molecule has 0 aromatic heterocycles. The maximum Gasteiger partial charge on any atom is 0.240 e. The second-order valence-corrected chi connectivity index (χ2v) is 5.71. The van der Waals surface area contributed by atoms with Crippen molar-refractivity contribution in [2.75, 3.05) is 25.5 Å². The maximum absolute atomic E-state index is 12.4. The van der Waals surface area contributed by atoms with Gasteiger partial charge >= 0.3 is 0 Å². The van der Waals surface area contributed by atoms with E-state index < -0.39 is 0 Å². The fourth-order valence-corrected chi connectivity index (χ4v) is 2.73. The zero-order valence-electron chi connectivity index (χ0n) is 12.7. The number of hydrogen-bond donors (Lipinski definition) is 2. The summed E-state index contributed by atoms with van der Waals surface area (Å²) in [5, 5.41) is 6.43. The predicted octanol–water partition coefficient (Wildman–Crippen LogP) is 1.90. The highest BCUT2D eigenvalue weighted by atomic mass is 16.2. The van der Waals surface area contributed by atoms with Crippen molar-refractivity contribution in [3.8, 4) is 0 Å². The average Bonchev–Trinajstić information content (AvgIpc) is 2.95. The molecule has 1 heterocycles. The molecule has 0 bridgehead atoms. The fourth-order valence-electron chi connectivity index (χ4n) is 2.73. The molecule has 1 saturated heterocycles. The number of rotatable bonds is 5. The molecule has 1 aromatic carbocycles. The molecule has 4 heteroatoms. The van der Waals surface area contributed by atoms with Gasteiger partial charge in [-0.2, -0.15) is 0 Å². The molecule has 1 fully saturated rings. The van der Waals surface area contributed by atoms with Crippen LogP contribution >= 0.6 is 0 Å². The van der Waals surface area contributed by atoms with Gasteiger partial charge in [0.15, 0.2) is 0 Å². The van der Waals surface area contributed by atoms with Crippen LogP contribution in [0, 0.1) is 0 Å². The van der Waals surface area contributed by atoms with E-state index in [2.05, 4.69) is 46.7 Å². The van der Waals surface area contributed by atoms with Gasteiger partial charge in [0.05, 0.1) is 5.54 Å². The first-order valence-corrected chi connectivity index (χ1v) is 7.37. The van der Waals surface area contributed by atoms with Gasteiger partial charge in [0, 0.05) is 26.3 Å². The van der Waals surface area contributed by atoms with Crippen LogP contribution in [0.1, 0.15) is 31.7 Å². The summed E-state index contributed by atoms with van der Waals surface area (Å²) in [5.41, 5.74) is 1.96. The molecule has 2 N–H and O–H groups in total. The largest absolute Gasteiger partial charge is 0.378 e. The number of anilines is 1. The summed E-state index contributed by atoms with van der Waals surface area (Å²) in [6.07, 6.45) is 2.87. The van der Waals surface area contributed by atoms with Crippen molar-refractivity contribution in [3.63, 3.8) is 0 Å². The molecular formula is C16H25N3O. The first-order chi connectivity index (χ1) is 9.57. The van der Waals surface area contributed by atoms with E-state index in [1.165, 1.54) is 5.69 Å². The highest BCUT2D eigenvalue weighted by Gasteiger charge is 2.38. The Bertz CT molecular complexity index is 447. The van der Waals surface area contributed by atoms with Crippen LogP contribution in [0.3, 0.4) is 0 Å². The first-order valence-electron chi connectivity index (χ1n) is 7.37. The summed E-state index contributed by atoms with van der Waals surface area (Å²) < 4.78 is 0. The van der Waals surface area contributed by atoms with E-state index in [-0.39, 0.29) is 11.4 Å². The molecule has 1 aromatic rings. The van der Waals surface area contributed by atoms with Gasteiger partial charge in [-0.3, -0.25) is 4.79 Å². The zero-order valence-corrected chi connectivity index (χ0v) is 12.7. The van der Waals surface area contributed by atoms with E-state index in [0.717, 1.165) is 31.4 Å². The summed E-state index contributed by atoms with van der Waals surface area (Å²) in [6.45, 7) is 3.61. The number of hydrogen-bond acceptors (Lipinski definition) is 3. The van der Waals surface area contributed by atoms with Gasteiger partial charge < -0.3 is 15.5 Å².